The highest BCUT2D eigenvalue weighted by molar-refractivity contribution is 5.93. The molecule has 0 aliphatic carbocycles. The van der Waals surface area contributed by atoms with Crippen LogP contribution in [0.1, 0.15) is 34.1 Å². The second kappa shape index (κ2) is 9.37. The minimum atomic E-state index is -2.94. The average Bonchev–Trinajstić information content (AvgIpc) is 3.64. The van der Waals surface area contributed by atoms with E-state index in [1.165, 1.54) is 36.1 Å². The largest absolute Gasteiger partial charge is 0.440 e. The van der Waals surface area contributed by atoms with Gasteiger partial charge in [-0.1, -0.05) is 6.07 Å². The number of alkyl halides is 2. The fraction of sp³-hybridized carbons (Fsp3) is 0.182. The molecule has 35 heavy (non-hydrogen) atoms. The maximum Gasteiger partial charge on any atom is 0.292 e. The number of carbonyl (C=O) groups is 1. The summed E-state index contributed by atoms with van der Waals surface area (Å²) < 4.78 is 49.5. The number of aromatic nitrogens is 6. The van der Waals surface area contributed by atoms with Gasteiger partial charge >= 0.3 is 0 Å². The van der Waals surface area contributed by atoms with E-state index in [1.54, 1.807) is 18.5 Å². The van der Waals surface area contributed by atoms with E-state index in [-0.39, 0.29) is 23.8 Å². The molecule has 1 amide bonds. The van der Waals surface area contributed by atoms with Crippen molar-refractivity contribution in [1.29, 1.82) is 0 Å². The first-order valence-corrected chi connectivity index (χ1v) is 10.3. The van der Waals surface area contributed by atoms with E-state index in [9.17, 15) is 18.0 Å². The second-order valence-electron chi connectivity index (χ2n) is 7.41. The number of H-pyrrole nitrogens is 1. The van der Waals surface area contributed by atoms with Gasteiger partial charge in [0.05, 0.1) is 29.8 Å². The summed E-state index contributed by atoms with van der Waals surface area (Å²) >= 11 is 0. The molecule has 5 heterocycles. The lowest BCUT2D eigenvalue weighted by molar-refractivity contribution is 0.0684. The Morgan fingerprint density at radius 3 is 2.77 bits per heavy atom. The molecule has 6 rings (SSSR count). The van der Waals surface area contributed by atoms with Gasteiger partial charge in [-0.2, -0.15) is 0 Å². The number of carbonyl (C=O) groups excluding carboxylic acids is 1. The summed E-state index contributed by atoms with van der Waals surface area (Å²) in [5.74, 6) is -1.57. The van der Waals surface area contributed by atoms with Gasteiger partial charge in [0.25, 0.3) is 12.3 Å². The van der Waals surface area contributed by atoms with Crippen molar-refractivity contribution < 1.29 is 26.8 Å². The number of oxazole rings is 2. The van der Waals surface area contributed by atoms with E-state index < -0.39 is 23.8 Å². The molecule has 1 aliphatic rings. The number of fused-ring (bicyclic) bond motifs is 2. The molecule has 0 radical (unpaired) electrons. The van der Waals surface area contributed by atoms with Gasteiger partial charge in [-0.3, -0.25) is 4.79 Å². The number of benzene rings is 1. The van der Waals surface area contributed by atoms with E-state index >= 15 is 0 Å². The molecule has 1 N–H and O–H groups in total. The molecule has 4 aromatic heterocycles. The molecule has 10 nitrogen and oxygen atoms in total. The highest BCUT2D eigenvalue weighted by Gasteiger charge is 2.32. The Bertz CT molecular complexity index is 1470. The smallest absolute Gasteiger partial charge is 0.292 e. The Balaban J connectivity index is 0.000000211. The molecular formula is C22H16F3N7O3. The monoisotopic (exact) mass is 483 g/mol. The van der Waals surface area contributed by atoms with E-state index in [0.717, 1.165) is 11.4 Å². The topological polar surface area (TPSA) is 127 Å². The summed E-state index contributed by atoms with van der Waals surface area (Å²) in [6.45, 7) is 0.616. The quantitative estimate of drug-likeness (QED) is 0.409. The predicted molar refractivity (Wildman–Crippen MR) is 113 cm³/mol. The Morgan fingerprint density at radius 2 is 2.00 bits per heavy atom. The molecule has 0 unspecified atom stereocenters. The number of amides is 1. The van der Waals surface area contributed by atoms with E-state index in [2.05, 4.69) is 29.9 Å². The van der Waals surface area contributed by atoms with Crippen molar-refractivity contribution in [2.75, 3.05) is 6.54 Å². The van der Waals surface area contributed by atoms with Crippen LogP contribution in [0.5, 0.6) is 0 Å². The van der Waals surface area contributed by atoms with Crippen molar-refractivity contribution in [3.63, 3.8) is 0 Å². The van der Waals surface area contributed by atoms with Crippen LogP contribution in [0.4, 0.5) is 13.2 Å². The van der Waals surface area contributed by atoms with E-state index in [1.807, 2.05) is 0 Å². The van der Waals surface area contributed by atoms with Gasteiger partial charge < -0.3 is 18.7 Å². The number of hydrogen-bond donors (Lipinski definition) is 1. The van der Waals surface area contributed by atoms with Crippen LogP contribution in [0, 0.1) is 5.82 Å². The third-order valence-corrected chi connectivity index (χ3v) is 5.23. The van der Waals surface area contributed by atoms with Crippen LogP contribution in [-0.4, -0.2) is 47.3 Å². The SMILES string of the molecule is Fc1cccc2ncoc12.O=C(c1oc(-c2cncnc2)nc1C(F)F)N1CCc2nc[nH]c2C1. The lowest BCUT2D eigenvalue weighted by Crippen LogP contribution is -2.36. The summed E-state index contributed by atoms with van der Waals surface area (Å²) in [7, 11) is 0. The molecule has 0 spiro atoms. The summed E-state index contributed by atoms with van der Waals surface area (Å²) in [4.78, 5) is 36.3. The lowest BCUT2D eigenvalue weighted by Gasteiger charge is -2.25. The molecule has 0 bridgehead atoms. The number of imidazole rings is 1. The maximum absolute atomic E-state index is 13.3. The number of nitrogens with one attached hydrogen (secondary N) is 1. The fourth-order valence-electron chi connectivity index (χ4n) is 3.55. The molecule has 0 fully saturated rings. The first-order valence-electron chi connectivity index (χ1n) is 10.3. The standard InChI is InChI=1S/C15H12F2N6O2.C7H4FNO/c16-13(17)11-12(25-14(22-11)8-3-18-6-19-4-8)15(24)23-2-1-9-10(5-23)21-7-20-9;8-5-2-1-3-6-7(5)10-4-9-6/h3-4,6-7,13H,1-2,5H2,(H,20,21);1-4H. The van der Waals surface area contributed by atoms with Gasteiger partial charge in [0, 0.05) is 25.4 Å². The number of rotatable bonds is 3. The molecule has 0 saturated heterocycles. The van der Waals surface area contributed by atoms with Crippen LogP contribution in [0.3, 0.4) is 0 Å². The van der Waals surface area contributed by atoms with Gasteiger partial charge in [0.1, 0.15) is 11.8 Å². The minimum Gasteiger partial charge on any atom is -0.440 e. The molecular weight excluding hydrogens is 467 g/mol. The van der Waals surface area contributed by atoms with Gasteiger partial charge in [0.15, 0.2) is 23.5 Å². The van der Waals surface area contributed by atoms with E-state index in [4.69, 9.17) is 8.83 Å². The van der Waals surface area contributed by atoms with Crippen LogP contribution in [0.15, 0.2) is 58.5 Å². The van der Waals surface area contributed by atoms with E-state index in [0.29, 0.717) is 24.0 Å². The third kappa shape index (κ3) is 4.47. The Labute approximate surface area is 194 Å². The average molecular weight is 483 g/mol. The third-order valence-electron chi connectivity index (χ3n) is 5.23. The van der Waals surface area contributed by atoms with Crippen molar-refractivity contribution in [3.05, 3.63) is 78.3 Å². The number of hydrogen-bond acceptors (Lipinski definition) is 8. The van der Waals surface area contributed by atoms with Crippen molar-refractivity contribution >= 4 is 17.0 Å². The molecule has 0 saturated carbocycles. The summed E-state index contributed by atoms with van der Waals surface area (Å²) in [5.41, 5.74) is 2.08. The Hall–Kier alpha value is -4.55. The van der Waals surface area contributed by atoms with Crippen LogP contribution in [0.25, 0.3) is 22.6 Å². The van der Waals surface area contributed by atoms with Crippen molar-refractivity contribution in [1.82, 2.24) is 34.8 Å². The summed E-state index contributed by atoms with van der Waals surface area (Å²) in [5, 5.41) is 0. The zero-order valence-corrected chi connectivity index (χ0v) is 17.9. The molecule has 1 aliphatic heterocycles. The number of nitrogens with zero attached hydrogens (tertiary/aromatic N) is 6. The first kappa shape index (κ1) is 22.3. The summed E-state index contributed by atoms with van der Waals surface area (Å²) in [6.07, 6.45) is 4.43. The predicted octanol–water partition coefficient (Wildman–Crippen LogP) is 3.96. The first-order chi connectivity index (χ1) is 17.0. The van der Waals surface area contributed by atoms with Gasteiger partial charge in [-0.25, -0.2) is 38.1 Å². The van der Waals surface area contributed by atoms with Crippen LogP contribution in [0.2, 0.25) is 0 Å². The zero-order chi connectivity index (χ0) is 24.4. The lowest BCUT2D eigenvalue weighted by atomic mass is 10.1. The van der Waals surface area contributed by atoms with Crippen molar-refractivity contribution in [3.8, 4) is 11.5 Å². The van der Waals surface area contributed by atoms with Crippen molar-refractivity contribution in [2.45, 2.75) is 19.4 Å². The fourth-order valence-corrected chi connectivity index (χ4v) is 3.55. The minimum absolute atomic E-state index is 0.113. The molecule has 13 heteroatoms. The van der Waals surface area contributed by atoms with Crippen molar-refractivity contribution in [2.24, 2.45) is 0 Å². The van der Waals surface area contributed by atoms with Gasteiger partial charge in [-0.05, 0) is 12.1 Å². The van der Waals surface area contributed by atoms with Gasteiger partial charge in [-0.15, -0.1) is 0 Å². The van der Waals surface area contributed by atoms with Crippen LogP contribution in [-0.2, 0) is 13.0 Å². The molecule has 0 atom stereocenters. The Morgan fingerprint density at radius 1 is 1.17 bits per heavy atom. The zero-order valence-electron chi connectivity index (χ0n) is 17.9. The molecule has 1 aromatic carbocycles. The molecule has 5 aromatic rings. The summed E-state index contributed by atoms with van der Waals surface area (Å²) in [6, 6.07) is 4.63. The molecule has 178 valence electrons. The normalized spacial score (nSPS) is 13.0. The maximum atomic E-state index is 13.3. The van der Waals surface area contributed by atoms with Crippen LogP contribution >= 0.6 is 0 Å². The Kier molecular flexibility index (Phi) is 5.95. The van der Waals surface area contributed by atoms with Crippen LogP contribution < -0.4 is 0 Å². The number of aromatic amines is 1. The highest BCUT2D eigenvalue weighted by atomic mass is 19.3. The highest BCUT2D eigenvalue weighted by Crippen LogP contribution is 2.29. The van der Waals surface area contributed by atoms with Gasteiger partial charge in [0.2, 0.25) is 11.7 Å². The number of halogens is 3. The number of para-hydroxylation sites is 1. The second-order valence-corrected chi connectivity index (χ2v) is 7.41.